The number of ketones is 1. The molecule has 0 atom stereocenters. The fraction of sp³-hybridized carbons (Fsp3) is 0.200. The molecule has 7 heteroatoms. The van der Waals surface area contributed by atoms with E-state index in [1.807, 2.05) is 0 Å². The second-order valence-corrected chi connectivity index (χ2v) is 3.06. The molecule has 0 amide bonds. The van der Waals surface area contributed by atoms with E-state index in [9.17, 15) is 26.7 Å². The summed E-state index contributed by atoms with van der Waals surface area (Å²) < 4.78 is 61.3. The van der Waals surface area contributed by atoms with Gasteiger partial charge in [0.1, 0.15) is 0 Å². The normalized spacial score (nSPS) is 12.0. The lowest BCUT2D eigenvalue weighted by atomic mass is 10.00. The fourth-order valence-electron chi connectivity index (χ4n) is 1.08. The third-order valence-corrected chi connectivity index (χ3v) is 1.93. The number of hydrogen-bond donors (Lipinski definition) is 0. The predicted octanol–water partition coefficient (Wildman–Crippen LogP) is 2.94. The summed E-state index contributed by atoms with van der Waals surface area (Å²) in [6, 6.07) is 5.46. The van der Waals surface area contributed by atoms with Gasteiger partial charge in [-0.25, -0.2) is 0 Å². The third-order valence-electron chi connectivity index (χ3n) is 1.93. The largest absolute Gasteiger partial charge is 0.461 e. The zero-order valence-corrected chi connectivity index (χ0v) is 8.05. The van der Waals surface area contributed by atoms with E-state index in [0.29, 0.717) is 0 Å². The van der Waals surface area contributed by atoms with Crippen LogP contribution in [0.2, 0.25) is 0 Å². The SMILES string of the molecule is N#Cc1ccccc1C(=O)C(F)(F)C(F)(F)F. The van der Waals surface area contributed by atoms with Gasteiger partial charge in [-0.2, -0.15) is 27.2 Å². The van der Waals surface area contributed by atoms with E-state index < -0.39 is 29.0 Å². The topological polar surface area (TPSA) is 40.9 Å². The van der Waals surface area contributed by atoms with Crippen molar-refractivity contribution in [2.75, 3.05) is 0 Å². The molecule has 17 heavy (non-hydrogen) atoms. The Labute approximate surface area is 92.3 Å². The molecule has 90 valence electrons. The van der Waals surface area contributed by atoms with Crippen LogP contribution in [-0.4, -0.2) is 17.9 Å². The molecule has 0 N–H and O–H groups in total. The summed E-state index contributed by atoms with van der Waals surface area (Å²) in [5.41, 5.74) is -1.47. The van der Waals surface area contributed by atoms with Crippen LogP contribution in [0.3, 0.4) is 0 Å². The standard InChI is InChI=1S/C10H4F5NO/c11-9(12,10(13,14)15)8(17)7-4-2-1-3-6(7)5-16/h1-4H. The van der Waals surface area contributed by atoms with Gasteiger partial charge in [0, 0.05) is 5.56 Å². The van der Waals surface area contributed by atoms with E-state index in [4.69, 9.17) is 5.26 Å². The molecule has 0 fully saturated rings. The number of alkyl halides is 5. The van der Waals surface area contributed by atoms with Crippen LogP contribution in [0, 0.1) is 11.3 Å². The van der Waals surface area contributed by atoms with Gasteiger partial charge in [-0.3, -0.25) is 4.79 Å². The molecule has 0 aromatic heterocycles. The molecule has 1 aromatic carbocycles. The molecule has 0 heterocycles. The minimum Gasteiger partial charge on any atom is -0.287 e. The van der Waals surface area contributed by atoms with Crippen LogP contribution in [0.5, 0.6) is 0 Å². The lowest BCUT2D eigenvalue weighted by molar-refractivity contribution is -0.255. The Bertz CT molecular complexity index is 486. The van der Waals surface area contributed by atoms with Crippen molar-refractivity contribution < 1.29 is 26.7 Å². The van der Waals surface area contributed by atoms with Crippen molar-refractivity contribution in [3.63, 3.8) is 0 Å². The third kappa shape index (κ3) is 2.25. The van der Waals surface area contributed by atoms with Crippen molar-refractivity contribution in [3.8, 4) is 6.07 Å². The number of benzene rings is 1. The highest BCUT2D eigenvalue weighted by atomic mass is 19.4. The van der Waals surface area contributed by atoms with E-state index in [1.165, 1.54) is 12.1 Å². The minimum atomic E-state index is -5.98. The van der Waals surface area contributed by atoms with Crippen molar-refractivity contribution in [1.82, 2.24) is 0 Å². The number of carbonyl (C=O) groups excluding carboxylic acids is 1. The van der Waals surface area contributed by atoms with Crippen LogP contribution in [0.15, 0.2) is 24.3 Å². The van der Waals surface area contributed by atoms with Crippen molar-refractivity contribution >= 4 is 5.78 Å². The Morgan fingerprint density at radius 3 is 2.12 bits per heavy atom. The number of Topliss-reactive ketones (excluding diaryl/α,β-unsaturated/α-hetero) is 1. The molecule has 0 aliphatic rings. The number of carbonyl (C=O) groups is 1. The van der Waals surface area contributed by atoms with Crippen LogP contribution in [0.1, 0.15) is 15.9 Å². The Morgan fingerprint density at radius 2 is 1.65 bits per heavy atom. The molecule has 0 aliphatic heterocycles. The number of rotatable bonds is 2. The molecule has 1 rings (SSSR count). The van der Waals surface area contributed by atoms with Crippen LogP contribution in [-0.2, 0) is 0 Å². The van der Waals surface area contributed by atoms with Gasteiger partial charge in [0.2, 0.25) is 5.78 Å². The number of nitriles is 1. The second kappa shape index (κ2) is 4.13. The van der Waals surface area contributed by atoms with Crippen LogP contribution in [0.25, 0.3) is 0 Å². The van der Waals surface area contributed by atoms with E-state index in [0.717, 1.165) is 18.2 Å². The first-order chi connectivity index (χ1) is 7.71. The summed E-state index contributed by atoms with van der Waals surface area (Å²) in [5.74, 6) is -7.93. The summed E-state index contributed by atoms with van der Waals surface area (Å²) in [5, 5.41) is 8.51. The van der Waals surface area contributed by atoms with Crippen molar-refractivity contribution in [1.29, 1.82) is 5.26 Å². The summed E-state index contributed by atoms with van der Waals surface area (Å²) in [6.07, 6.45) is -5.98. The lowest BCUT2D eigenvalue weighted by Gasteiger charge is -2.18. The maximum atomic E-state index is 12.7. The maximum Gasteiger partial charge on any atom is 0.461 e. The van der Waals surface area contributed by atoms with Gasteiger partial charge in [0.05, 0.1) is 11.6 Å². The van der Waals surface area contributed by atoms with Crippen LogP contribution < -0.4 is 0 Å². The Hall–Kier alpha value is -1.97. The zero-order chi connectivity index (χ0) is 13.3. The monoisotopic (exact) mass is 249 g/mol. The van der Waals surface area contributed by atoms with Gasteiger partial charge in [-0.1, -0.05) is 12.1 Å². The van der Waals surface area contributed by atoms with Gasteiger partial charge < -0.3 is 0 Å². The molecule has 0 aliphatic carbocycles. The molecule has 2 nitrogen and oxygen atoms in total. The number of nitrogens with zero attached hydrogens (tertiary/aromatic N) is 1. The molecule has 0 bridgehead atoms. The molecule has 1 aromatic rings. The highest BCUT2D eigenvalue weighted by Gasteiger charge is 2.63. The molecule has 0 saturated carbocycles. The van der Waals surface area contributed by atoms with E-state index >= 15 is 0 Å². The van der Waals surface area contributed by atoms with Crippen LogP contribution in [0.4, 0.5) is 22.0 Å². The zero-order valence-electron chi connectivity index (χ0n) is 8.05. The van der Waals surface area contributed by atoms with Crippen molar-refractivity contribution in [2.24, 2.45) is 0 Å². The summed E-state index contributed by atoms with van der Waals surface area (Å²) in [4.78, 5) is 11.1. The Kier molecular flexibility index (Phi) is 3.18. The molecular weight excluding hydrogens is 245 g/mol. The number of hydrogen-bond acceptors (Lipinski definition) is 2. The quantitative estimate of drug-likeness (QED) is 0.597. The van der Waals surface area contributed by atoms with E-state index in [1.54, 1.807) is 0 Å². The highest BCUT2D eigenvalue weighted by molar-refractivity contribution is 6.03. The average molecular weight is 249 g/mol. The average Bonchev–Trinajstić information content (AvgIpc) is 2.26. The molecule has 0 unspecified atom stereocenters. The van der Waals surface area contributed by atoms with Crippen molar-refractivity contribution in [3.05, 3.63) is 35.4 Å². The van der Waals surface area contributed by atoms with Gasteiger partial charge >= 0.3 is 12.1 Å². The summed E-state index contributed by atoms with van der Waals surface area (Å²) >= 11 is 0. The molecule has 0 saturated heterocycles. The van der Waals surface area contributed by atoms with Crippen LogP contribution >= 0.6 is 0 Å². The summed E-state index contributed by atoms with van der Waals surface area (Å²) in [7, 11) is 0. The Morgan fingerprint density at radius 1 is 1.12 bits per heavy atom. The maximum absolute atomic E-state index is 12.7. The molecule has 0 radical (unpaired) electrons. The van der Waals surface area contributed by atoms with Gasteiger partial charge in [0.15, 0.2) is 0 Å². The van der Waals surface area contributed by atoms with Gasteiger partial charge in [-0.15, -0.1) is 0 Å². The van der Waals surface area contributed by atoms with Crippen molar-refractivity contribution in [2.45, 2.75) is 12.1 Å². The van der Waals surface area contributed by atoms with E-state index in [2.05, 4.69) is 0 Å². The van der Waals surface area contributed by atoms with Gasteiger partial charge in [0.25, 0.3) is 0 Å². The number of halogens is 5. The minimum absolute atomic E-state index is 0.526. The molecular formula is C10H4F5NO. The second-order valence-electron chi connectivity index (χ2n) is 3.06. The lowest BCUT2D eigenvalue weighted by Crippen LogP contribution is -2.44. The first kappa shape index (κ1) is 13.1. The summed E-state index contributed by atoms with van der Waals surface area (Å²) in [6.45, 7) is 0. The predicted molar refractivity (Wildman–Crippen MR) is 46.5 cm³/mol. The van der Waals surface area contributed by atoms with Gasteiger partial charge in [-0.05, 0) is 12.1 Å². The smallest absolute Gasteiger partial charge is 0.287 e. The first-order valence-corrected chi connectivity index (χ1v) is 4.20. The fourth-order valence-corrected chi connectivity index (χ4v) is 1.08. The first-order valence-electron chi connectivity index (χ1n) is 4.20. The Balaban J connectivity index is 3.28. The highest BCUT2D eigenvalue weighted by Crippen LogP contribution is 2.38. The van der Waals surface area contributed by atoms with E-state index in [-0.39, 0.29) is 0 Å². The molecule has 0 spiro atoms.